The first-order valence-corrected chi connectivity index (χ1v) is 5.04. The van der Waals surface area contributed by atoms with Gasteiger partial charge in [-0.15, -0.1) is 0 Å². The SMILES string of the molecule is CN(C)CC(N)c1ccc(Br)cc1. The summed E-state index contributed by atoms with van der Waals surface area (Å²) in [6, 6.07) is 8.25. The highest BCUT2D eigenvalue weighted by Crippen LogP contribution is 2.15. The molecule has 0 heterocycles. The largest absolute Gasteiger partial charge is 0.323 e. The zero-order valence-electron chi connectivity index (χ0n) is 8.00. The Labute approximate surface area is 87.9 Å². The first kappa shape index (κ1) is 10.7. The Hall–Kier alpha value is -0.380. The molecular weight excluding hydrogens is 228 g/mol. The number of hydrogen-bond acceptors (Lipinski definition) is 2. The molecule has 0 aliphatic rings. The Morgan fingerprint density at radius 3 is 2.31 bits per heavy atom. The molecule has 0 saturated heterocycles. The van der Waals surface area contributed by atoms with E-state index in [1.54, 1.807) is 0 Å². The molecule has 1 aromatic rings. The van der Waals surface area contributed by atoms with E-state index in [1.165, 1.54) is 5.56 Å². The van der Waals surface area contributed by atoms with Crippen LogP contribution in [0.15, 0.2) is 28.7 Å². The van der Waals surface area contributed by atoms with Crippen LogP contribution in [-0.4, -0.2) is 25.5 Å². The van der Waals surface area contributed by atoms with Crippen LogP contribution in [0.3, 0.4) is 0 Å². The number of likely N-dealkylation sites (N-methyl/N-ethyl adjacent to an activating group) is 1. The zero-order chi connectivity index (χ0) is 9.84. The predicted molar refractivity (Wildman–Crippen MR) is 59.6 cm³/mol. The molecule has 0 spiro atoms. The molecule has 2 N–H and O–H groups in total. The molecule has 0 bridgehead atoms. The van der Waals surface area contributed by atoms with Crippen molar-refractivity contribution in [2.45, 2.75) is 6.04 Å². The number of rotatable bonds is 3. The molecule has 72 valence electrons. The van der Waals surface area contributed by atoms with E-state index in [4.69, 9.17) is 5.73 Å². The molecular formula is C10H15BrN2. The van der Waals surface area contributed by atoms with Crippen LogP contribution in [0.4, 0.5) is 0 Å². The van der Waals surface area contributed by atoms with Crippen molar-refractivity contribution in [2.75, 3.05) is 20.6 Å². The van der Waals surface area contributed by atoms with Crippen molar-refractivity contribution in [3.63, 3.8) is 0 Å². The van der Waals surface area contributed by atoms with Crippen molar-refractivity contribution >= 4 is 15.9 Å². The van der Waals surface area contributed by atoms with E-state index in [-0.39, 0.29) is 6.04 Å². The summed E-state index contributed by atoms with van der Waals surface area (Å²) in [7, 11) is 4.05. The lowest BCUT2D eigenvalue weighted by atomic mass is 10.1. The number of halogens is 1. The smallest absolute Gasteiger partial charge is 0.0424 e. The van der Waals surface area contributed by atoms with Crippen molar-refractivity contribution < 1.29 is 0 Å². The Balaban J connectivity index is 2.66. The van der Waals surface area contributed by atoms with Crippen LogP contribution < -0.4 is 5.73 Å². The summed E-state index contributed by atoms with van der Waals surface area (Å²) < 4.78 is 1.09. The summed E-state index contributed by atoms with van der Waals surface area (Å²) in [5.74, 6) is 0. The van der Waals surface area contributed by atoms with E-state index >= 15 is 0 Å². The lowest BCUT2D eigenvalue weighted by Gasteiger charge is -2.17. The number of nitrogens with two attached hydrogens (primary N) is 1. The molecule has 2 nitrogen and oxygen atoms in total. The van der Waals surface area contributed by atoms with Crippen LogP contribution in [0.1, 0.15) is 11.6 Å². The molecule has 0 fully saturated rings. The van der Waals surface area contributed by atoms with Crippen LogP contribution in [0.5, 0.6) is 0 Å². The Kier molecular flexibility index (Phi) is 3.90. The summed E-state index contributed by atoms with van der Waals surface area (Å²) in [6.45, 7) is 0.877. The van der Waals surface area contributed by atoms with Gasteiger partial charge in [-0.3, -0.25) is 0 Å². The van der Waals surface area contributed by atoms with Crippen LogP contribution in [0, 0.1) is 0 Å². The van der Waals surface area contributed by atoms with Gasteiger partial charge in [0, 0.05) is 17.1 Å². The third-order valence-electron chi connectivity index (χ3n) is 1.86. The Bertz CT molecular complexity index is 256. The minimum atomic E-state index is 0.100. The molecule has 0 saturated carbocycles. The van der Waals surface area contributed by atoms with Gasteiger partial charge in [-0.05, 0) is 31.8 Å². The van der Waals surface area contributed by atoms with Crippen molar-refractivity contribution in [2.24, 2.45) is 5.73 Å². The average Bonchev–Trinajstić information content (AvgIpc) is 2.04. The maximum absolute atomic E-state index is 5.99. The molecule has 1 unspecified atom stereocenters. The van der Waals surface area contributed by atoms with Gasteiger partial charge in [0.25, 0.3) is 0 Å². The monoisotopic (exact) mass is 242 g/mol. The number of benzene rings is 1. The summed E-state index contributed by atoms with van der Waals surface area (Å²) in [5.41, 5.74) is 7.17. The maximum atomic E-state index is 5.99. The van der Waals surface area contributed by atoms with Gasteiger partial charge in [0.05, 0.1) is 0 Å². The minimum Gasteiger partial charge on any atom is -0.323 e. The highest BCUT2D eigenvalue weighted by molar-refractivity contribution is 9.10. The average molecular weight is 243 g/mol. The van der Waals surface area contributed by atoms with Crippen LogP contribution in [0.25, 0.3) is 0 Å². The number of nitrogens with zero attached hydrogens (tertiary/aromatic N) is 1. The lowest BCUT2D eigenvalue weighted by Crippen LogP contribution is -2.25. The topological polar surface area (TPSA) is 29.3 Å². The van der Waals surface area contributed by atoms with E-state index in [0.717, 1.165) is 11.0 Å². The molecule has 0 aromatic heterocycles. The van der Waals surface area contributed by atoms with Crippen molar-refractivity contribution in [1.82, 2.24) is 4.90 Å². The Morgan fingerprint density at radius 1 is 1.31 bits per heavy atom. The van der Waals surface area contributed by atoms with Crippen molar-refractivity contribution in [3.8, 4) is 0 Å². The van der Waals surface area contributed by atoms with Gasteiger partial charge in [0.15, 0.2) is 0 Å². The minimum absolute atomic E-state index is 0.100. The van der Waals surface area contributed by atoms with Gasteiger partial charge in [-0.1, -0.05) is 28.1 Å². The van der Waals surface area contributed by atoms with E-state index in [0.29, 0.717) is 0 Å². The Morgan fingerprint density at radius 2 is 1.85 bits per heavy atom. The zero-order valence-corrected chi connectivity index (χ0v) is 9.58. The fraction of sp³-hybridized carbons (Fsp3) is 0.400. The summed E-state index contributed by atoms with van der Waals surface area (Å²) in [5, 5.41) is 0. The first-order chi connectivity index (χ1) is 6.09. The molecule has 3 heteroatoms. The number of hydrogen-bond donors (Lipinski definition) is 1. The normalized spacial score (nSPS) is 13.3. The van der Waals surface area contributed by atoms with E-state index in [1.807, 2.05) is 26.2 Å². The molecule has 0 aliphatic carbocycles. The summed E-state index contributed by atoms with van der Waals surface area (Å²) in [6.07, 6.45) is 0. The first-order valence-electron chi connectivity index (χ1n) is 4.25. The van der Waals surface area contributed by atoms with Crippen LogP contribution in [0.2, 0.25) is 0 Å². The maximum Gasteiger partial charge on any atom is 0.0424 e. The summed E-state index contributed by atoms with van der Waals surface area (Å²) in [4.78, 5) is 2.09. The molecule has 1 aromatic carbocycles. The third kappa shape index (κ3) is 3.46. The van der Waals surface area contributed by atoms with Gasteiger partial charge in [-0.25, -0.2) is 0 Å². The predicted octanol–water partition coefficient (Wildman–Crippen LogP) is 2.01. The quantitative estimate of drug-likeness (QED) is 0.879. The second-order valence-electron chi connectivity index (χ2n) is 3.42. The van der Waals surface area contributed by atoms with Crippen molar-refractivity contribution in [3.05, 3.63) is 34.3 Å². The van der Waals surface area contributed by atoms with Gasteiger partial charge < -0.3 is 10.6 Å². The highest BCUT2D eigenvalue weighted by atomic mass is 79.9. The van der Waals surface area contributed by atoms with E-state index < -0.39 is 0 Å². The molecule has 0 radical (unpaired) electrons. The van der Waals surface area contributed by atoms with Gasteiger partial charge in [-0.2, -0.15) is 0 Å². The molecule has 13 heavy (non-hydrogen) atoms. The fourth-order valence-electron chi connectivity index (χ4n) is 1.21. The molecule has 0 aliphatic heterocycles. The molecule has 1 atom stereocenters. The molecule has 1 rings (SSSR count). The standard InChI is InChI=1S/C10H15BrN2/c1-13(2)7-10(12)8-3-5-9(11)6-4-8/h3-6,10H,7,12H2,1-2H3. The van der Waals surface area contributed by atoms with E-state index in [2.05, 4.69) is 33.0 Å². The van der Waals surface area contributed by atoms with Gasteiger partial charge >= 0.3 is 0 Å². The van der Waals surface area contributed by atoms with Gasteiger partial charge in [0.2, 0.25) is 0 Å². The van der Waals surface area contributed by atoms with Crippen molar-refractivity contribution in [1.29, 1.82) is 0 Å². The van der Waals surface area contributed by atoms with E-state index in [9.17, 15) is 0 Å². The highest BCUT2D eigenvalue weighted by Gasteiger charge is 2.05. The molecule has 0 amide bonds. The summed E-state index contributed by atoms with van der Waals surface area (Å²) >= 11 is 3.39. The van der Waals surface area contributed by atoms with Gasteiger partial charge in [0.1, 0.15) is 0 Å². The third-order valence-corrected chi connectivity index (χ3v) is 2.39. The van der Waals surface area contributed by atoms with Crippen LogP contribution in [-0.2, 0) is 0 Å². The fourth-order valence-corrected chi connectivity index (χ4v) is 1.47. The van der Waals surface area contributed by atoms with Crippen LogP contribution >= 0.6 is 15.9 Å². The second-order valence-corrected chi connectivity index (χ2v) is 4.34. The second kappa shape index (κ2) is 4.74. The lowest BCUT2D eigenvalue weighted by molar-refractivity contribution is 0.376.